The Balaban J connectivity index is 1.86. The van der Waals surface area contributed by atoms with E-state index in [4.69, 9.17) is 26.5 Å². The lowest BCUT2D eigenvalue weighted by molar-refractivity contribution is 0.0602. The van der Waals surface area contributed by atoms with Gasteiger partial charge in [-0.1, -0.05) is 11.6 Å². The number of aliphatic hydroxyl groups excluding tert-OH is 1. The first kappa shape index (κ1) is 26.0. The summed E-state index contributed by atoms with van der Waals surface area (Å²) in [6.45, 7) is 4.68. The Bertz CT molecular complexity index is 1130. The maximum Gasteiger partial charge on any atom is 0.257 e. The molecule has 1 aromatic carbocycles. The van der Waals surface area contributed by atoms with Crippen LogP contribution in [0.1, 0.15) is 41.0 Å². The van der Waals surface area contributed by atoms with Crippen molar-refractivity contribution in [2.75, 3.05) is 20.1 Å². The Kier molecular flexibility index (Phi) is 8.67. The molecular formula is C24H28ClN5O5. The Labute approximate surface area is 208 Å². The van der Waals surface area contributed by atoms with Crippen LogP contribution in [0.2, 0.25) is 5.02 Å². The van der Waals surface area contributed by atoms with Crippen LogP contribution in [0, 0.1) is 5.41 Å². The van der Waals surface area contributed by atoms with Crippen molar-refractivity contribution < 1.29 is 24.2 Å². The fraction of sp³-hybridized carbons (Fsp3) is 0.333. The number of ether oxygens (including phenoxy) is 2. The Hall–Kier alpha value is -3.63. The molecule has 0 radical (unpaired) electrons. The minimum atomic E-state index is -0.760. The average Bonchev–Trinajstić information content (AvgIpc) is 2.77. The Morgan fingerprint density at radius 2 is 1.91 bits per heavy atom. The number of hydrogen-bond acceptors (Lipinski definition) is 8. The number of nitrogens with one attached hydrogen (secondary N) is 3. The number of carbonyl (C=O) groups excluding carboxylic acids is 2. The van der Waals surface area contributed by atoms with Crippen LogP contribution in [0.25, 0.3) is 0 Å². The number of rotatable bonds is 9. The number of benzene rings is 1. The quantitative estimate of drug-likeness (QED) is 0.306. The molecule has 1 saturated heterocycles. The molecule has 186 valence electrons. The zero-order valence-corrected chi connectivity index (χ0v) is 20.4. The molecule has 0 aliphatic carbocycles. The van der Waals surface area contributed by atoms with Crippen LogP contribution in [0.15, 0.2) is 42.7 Å². The summed E-state index contributed by atoms with van der Waals surface area (Å²) in [4.78, 5) is 31.0. The molecule has 11 heteroatoms. The van der Waals surface area contributed by atoms with E-state index in [0.29, 0.717) is 18.7 Å². The van der Waals surface area contributed by atoms with Crippen LogP contribution in [0.4, 0.5) is 0 Å². The van der Waals surface area contributed by atoms with Crippen LogP contribution in [-0.4, -0.2) is 65.0 Å². The van der Waals surface area contributed by atoms with E-state index in [-0.39, 0.29) is 39.7 Å². The molecule has 2 heterocycles. The predicted octanol–water partition coefficient (Wildman–Crippen LogP) is 2.96. The van der Waals surface area contributed by atoms with Crippen molar-refractivity contribution in [1.82, 2.24) is 20.5 Å². The van der Waals surface area contributed by atoms with Gasteiger partial charge in [0.2, 0.25) is 5.88 Å². The highest BCUT2D eigenvalue weighted by molar-refractivity contribution is 6.32. The highest BCUT2D eigenvalue weighted by atomic mass is 35.5. The maximum absolute atomic E-state index is 12.7. The Morgan fingerprint density at radius 1 is 1.20 bits per heavy atom. The minimum Gasteiger partial charge on any atom is -0.488 e. The van der Waals surface area contributed by atoms with Crippen molar-refractivity contribution in [1.29, 1.82) is 5.41 Å². The van der Waals surface area contributed by atoms with Crippen LogP contribution < -0.4 is 20.1 Å². The molecule has 10 nitrogen and oxygen atoms in total. The summed E-state index contributed by atoms with van der Waals surface area (Å²) in [5.74, 6) is -0.331. The highest BCUT2D eigenvalue weighted by Crippen LogP contribution is 2.32. The van der Waals surface area contributed by atoms with Gasteiger partial charge in [0.25, 0.3) is 11.8 Å². The van der Waals surface area contributed by atoms with Gasteiger partial charge in [0.15, 0.2) is 0 Å². The summed E-state index contributed by atoms with van der Waals surface area (Å²) < 4.78 is 11.6. The van der Waals surface area contributed by atoms with Crippen molar-refractivity contribution in [2.45, 2.75) is 32.5 Å². The standard InChI is InChI=1S/C24H28ClN5O5/c1-14(31)15(2)34-18-9-16(22(32)29-21(26)5-6-27-3)10-19(12-18)35-23-20(25)11-17(13-28-23)24(33)30-7-4-8-30/h5-6,9-15,27,31H,4,7-8H2,1-3H3,(H2,26,29,32)/b6-5-. The highest BCUT2D eigenvalue weighted by Gasteiger charge is 2.23. The van der Waals surface area contributed by atoms with E-state index in [0.717, 1.165) is 6.42 Å². The van der Waals surface area contributed by atoms with Gasteiger partial charge in [0.05, 0.1) is 11.7 Å². The van der Waals surface area contributed by atoms with Gasteiger partial charge in [0.1, 0.15) is 28.5 Å². The van der Waals surface area contributed by atoms with Crippen LogP contribution >= 0.6 is 11.6 Å². The van der Waals surface area contributed by atoms with Gasteiger partial charge in [0, 0.05) is 38.0 Å². The number of amides is 2. The van der Waals surface area contributed by atoms with E-state index < -0.39 is 18.1 Å². The average molecular weight is 502 g/mol. The second-order valence-corrected chi connectivity index (χ2v) is 8.41. The second kappa shape index (κ2) is 11.7. The molecule has 1 aliphatic heterocycles. The minimum absolute atomic E-state index is 0.0450. The summed E-state index contributed by atoms with van der Waals surface area (Å²) in [5.41, 5.74) is 0.511. The molecule has 0 saturated carbocycles. The molecule has 2 aromatic rings. The molecule has 0 bridgehead atoms. The lowest BCUT2D eigenvalue weighted by atomic mass is 10.1. The number of aliphatic hydroxyl groups is 1. The molecule has 2 atom stereocenters. The molecule has 2 amide bonds. The number of halogens is 1. The van der Waals surface area contributed by atoms with Gasteiger partial charge in [-0.25, -0.2) is 4.98 Å². The van der Waals surface area contributed by atoms with E-state index in [1.807, 2.05) is 0 Å². The summed E-state index contributed by atoms with van der Waals surface area (Å²) in [6, 6.07) is 5.93. The van der Waals surface area contributed by atoms with Crippen molar-refractivity contribution in [3.05, 3.63) is 58.9 Å². The van der Waals surface area contributed by atoms with E-state index in [2.05, 4.69) is 15.6 Å². The van der Waals surface area contributed by atoms with E-state index in [1.165, 1.54) is 42.7 Å². The molecule has 1 aliphatic rings. The third-order valence-electron chi connectivity index (χ3n) is 5.22. The normalized spacial score (nSPS) is 14.6. The molecule has 3 rings (SSSR count). The molecule has 35 heavy (non-hydrogen) atoms. The number of carbonyl (C=O) groups is 2. The van der Waals surface area contributed by atoms with Gasteiger partial charge in [-0.3, -0.25) is 15.0 Å². The third-order valence-corrected chi connectivity index (χ3v) is 5.49. The SMILES string of the molecule is CN/C=C\C(=N)NC(=O)c1cc(Oc2ncc(C(=O)N3CCC3)cc2Cl)cc(OC(C)C(C)O)c1. The van der Waals surface area contributed by atoms with E-state index in [9.17, 15) is 14.7 Å². The first-order chi connectivity index (χ1) is 16.7. The number of hydrogen-bond donors (Lipinski definition) is 4. The monoisotopic (exact) mass is 501 g/mol. The van der Waals surface area contributed by atoms with Crippen molar-refractivity contribution in [3.8, 4) is 17.4 Å². The molecular weight excluding hydrogens is 474 g/mol. The summed E-state index contributed by atoms with van der Waals surface area (Å²) in [6.07, 6.45) is 3.93. The smallest absolute Gasteiger partial charge is 0.257 e. The van der Waals surface area contributed by atoms with Gasteiger partial charge in [-0.05, 0) is 50.7 Å². The van der Waals surface area contributed by atoms with Crippen molar-refractivity contribution in [3.63, 3.8) is 0 Å². The third kappa shape index (κ3) is 6.93. The first-order valence-electron chi connectivity index (χ1n) is 11.0. The lowest BCUT2D eigenvalue weighted by Gasteiger charge is -2.30. The number of pyridine rings is 1. The summed E-state index contributed by atoms with van der Waals surface area (Å²) in [7, 11) is 1.67. The maximum atomic E-state index is 12.7. The van der Waals surface area contributed by atoms with Gasteiger partial charge < -0.3 is 30.1 Å². The fourth-order valence-electron chi connectivity index (χ4n) is 2.98. The zero-order valence-electron chi connectivity index (χ0n) is 19.7. The number of aromatic nitrogens is 1. The number of likely N-dealkylation sites (tertiary alicyclic amines) is 1. The van der Waals surface area contributed by atoms with E-state index >= 15 is 0 Å². The second-order valence-electron chi connectivity index (χ2n) is 8.01. The Morgan fingerprint density at radius 3 is 2.51 bits per heavy atom. The van der Waals surface area contributed by atoms with Gasteiger partial charge in [-0.15, -0.1) is 0 Å². The predicted molar refractivity (Wildman–Crippen MR) is 131 cm³/mol. The molecule has 2 unspecified atom stereocenters. The van der Waals surface area contributed by atoms with Crippen molar-refractivity contribution >= 4 is 29.3 Å². The van der Waals surface area contributed by atoms with Gasteiger partial charge >= 0.3 is 0 Å². The number of amidine groups is 1. The zero-order chi connectivity index (χ0) is 25.5. The van der Waals surface area contributed by atoms with Crippen molar-refractivity contribution in [2.24, 2.45) is 0 Å². The van der Waals surface area contributed by atoms with E-state index in [1.54, 1.807) is 25.8 Å². The topological polar surface area (TPSA) is 137 Å². The first-order valence-corrected chi connectivity index (χ1v) is 11.4. The molecule has 0 spiro atoms. The number of nitrogens with zero attached hydrogens (tertiary/aromatic N) is 2. The molecule has 1 aromatic heterocycles. The molecule has 1 fully saturated rings. The lowest BCUT2D eigenvalue weighted by Crippen LogP contribution is -2.42. The largest absolute Gasteiger partial charge is 0.488 e. The molecule has 4 N–H and O–H groups in total. The van der Waals surface area contributed by atoms with Gasteiger partial charge in [-0.2, -0.15) is 0 Å². The fourth-order valence-corrected chi connectivity index (χ4v) is 3.18. The summed E-state index contributed by atoms with van der Waals surface area (Å²) in [5, 5.41) is 23.0. The van der Waals surface area contributed by atoms with Crippen LogP contribution in [-0.2, 0) is 0 Å². The van der Waals surface area contributed by atoms with Crippen LogP contribution in [0.5, 0.6) is 17.4 Å². The summed E-state index contributed by atoms with van der Waals surface area (Å²) >= 11 is 6.33. The van der Waals surface area contributed by atoms with Crippen LogP contribution in [0.3, 0.4) is 0 Å².